The van der Waals surface area contributed by atoms with E-state index in [9.17, 15) is 9.59 Å². The summed E-state index contributed by atoms with van der Waals surface area (Å²) in [4.78, 5) is 21.5. The summed E-state index contributed by atoms with van der Waals surface area (Å²) in [6.45, 7) is 0.369. The maximum atomic E-state index is 10.6. The fourth-order valence-corrected chi connectivity index (χ4v) is 0.850. The molecule has 0 atom stereocenters. The molecule has 4 nitrogen and oxygen atoms in total. The SMILES string of the molecule is O=C(O)N1CCCC1=O.[BaH2]. The third kappa shape index (κ3) is 2.28. The van der Waals surface area contributed by atoms with Gasteiger partial charge in [0.2, 0.25) is 5.91 Å². The van der Waals surface area contributed by atoms with Gasteiger partial charge in [0.1, 0.15) is 0 Å². The zero-order valence-corrected chi connectivity index (χ0v) is 4.83. The van der Waals surface area contributed by atoms with Crippen LogP contribution in [0.5, 0.6) is 0 Å². The molecule has 0 aromatic rings. The van der Waals surface area contributed by atoms with Crippen LogP contribution in [0, 0.1) is 0 Å². The Kier molecular flexibility index (Phi) is 4.63. The molecule has 5 heteroatoms. The number of rotatable bonds is 0. The van der Waals surface area contributed by atoms with E-state index in [0.717, 1.165) is 4.90 Å². The second kappa shape index (κ2) is 4.40. The minimum atomic E-state index is -1.13. The van der Waals surface area contributed by atoms with Gasteiger partial charge >= 0.3 is 55.0 Å². The van der Waals surface area contributed by atoms with Crippen molar-refractivity contribution in [2.24, 2.45) is 0 Å². The molecule has 1 N–H and O–H groups in total. The molecule has 2 amide bonds. The summed E-state index contributed by atoms with van der Waals surface area (Å²) in [7, 11) is 0. The molecule has 0 aromatic heterocycles. The fraction of sp³-hybridized carbons (Fsp3) is 0.600. The summed E-state index contributed by atoms with van der Waals surface area (Å²) >= 11 is 0. The Morgan fingerprint density at radius 2 is 2.20 bits per heavy atom. The van der Waals surface area contributed by atoms with Gasteiger partial charge in [-0.25, -0.2) is 9.69 Å². The summed E-state index contributed by atoms with van der Waals surface area (Å²) in [5, 5.41) is 8.29. The molecule has 1 aliphatic heterocycles. The van der Waals surface area contributed by atoms with Crippen molar-refractivity contribution < 1.29 is 14.7 Å². The molecular formula is C5H9BaNO3. The first-order valence-corrected chi connectivity index (χ1v) is 2.75. The van der Waals surface area contributed by atoms with E-state index in [1.807, 2.05) is 0 Å². The van der Waals surface area contributed by atoms with Crippen molar-refractivity contribution in [1.82, 2.24) is 4.90 Å². The van der Waals surface area contributed by atoms with Crippen LogP contribution in [0.2, 0.25) is 0 Å². The molecule has 0 radical (unpaired) electrons. The number of carboxylic acid groups (broad SMARTS) is 1. The van der Waals surface area contributed by atoms with Crippen LogP contribution in [0.25, 0.3) is 0 Å². The standard InChI is InChI=1S/C5H7NO3.Ba.2H/c7-4-2-1-3-6(4)5(8)9;;;/h1-3H2,(H,8,9);;;. The number of carbonyl (C=O) groups excluding carboxylic acids is 1. The predicted molar refractivity (Wildman–Crippen MR) is 37.5 cm³/mol. The molecule has 0 bridgehead atoms. The van der Waals surface area contributed by atoms with Crippen LogP contribution in [0.1, 0.15) is 12.8 Å². The van der Waals surface area contributed by atoms with E-state index in [1.165, 1.54) is 0 Å². The molecule has 1 heterocycles. The summed E-state index contributed by atoms with van der Waals surface area (Å²) in [5.74, 6) is -0.275. The second-order valence-electron chi connectivity index (χ2n) is 1.93. The predicted octanol–water partition coefficient (Wildman–Crippen LogP) is -0.629. The van der Waals surface area contributed by atoms with Gasteiger partial charge in [-0.3, -0.25) is 4.79 Å². The quantitative estimate of drug-likeness (QED) is 0.595. The van der Waals surface area contributed by atoms with Crippen LogP contribution in [0.3, 0.4) is 0 Å². The molecule has 0 aromatic carbocycles. The normalized spacial score (nSPS) is 16.8. The molecule has 0 spiro atoms. The topological polar surface area (TPSA) is 57.6 Å². The number of hydrogen-bond acceptors (Lipinski definition) is 2. The Morgan fingerprint density at radius 3 is 2.40 bits per heavy atom. The molecule has 1 aliphatic rings. The average molecular weight is 268 g/mol. The number of hydrogen-bond donors (Lipinski definition) is 1. The van der Waals surface area contributed by atoms with Crippen LogP contribution in [-0.2, 0) is 4.79 Å². The van der Waals surface area contributed by atoms with E-state index in [0.29, 0.717) is 19.4 Å². The molecule has 0 aliphatic carbocycles. The van der Waals surface area contributed by atoms with Gasteiger partial charge in [-0.2, -0.15) is 0 Å². The van der Waals surface area contributed by atoms with Gasteiger partial charge in [0.15, 0.2) is 0 Å². The Morgan fingerprint density at radius 1 is 1.60 bits per heavy atom. The third-order valence-electron chi connectivity index (χ3n) is 1.30. The van der Waals surface area contributed by atoms with Crippen molar-refractivity contribution in [3.05, 3.63) is 0 Å². The first-order valence-electron chi connectivity index (χ1n) is 2.75. The second-order valence-corrected chi connectivity index (χ2v) is 1.93. The van der Waals surface area contributed by atoms with Crippen LogP contribution < -0.4 is 0 Å². The van der Waals surface area contributed by atoms with Crippen molar-refractivity contribution in [3.63, 3.8) is 0 Å². The van der Waals surface area contributed by atoms with E-state index >= 15 is 0 Å². The van der Waals surface area contributed by atoms with Gasteiger partial charge in [-0.15, -0.1) is 0 Å². The van der Waals surface area contributed by atoms with Crippen molar-refractivity contribution in [2.75, 3.05) is 6.54 Å². The number of carbonyl (C=O) groups is 2. The fourth-order valence-electron chi connectivity index (χ4n) is 0.850. The van der Waals surface area contributed by atoms with Gasteiger partial charge in [-0.05, 0) is 6.42 Å². The van der Waals surface area contributed by atoms with E-state index in [1.54, 1.807) is 0 Å². The van der Waals surface area contributed by atoms with Gasteiger partial charge in [-0.1, -0.05) is 0 Å². The monoisotopic (exact) mass is 269 g/mol. The maximum absolute atomic E-state index is 10.6. The number of imide groups is 1. The van der Waals surface area contributed by atoms with Crippen molar-refractivity contribution >= 4 is 60.9 Å². The zero-order chi connectivity index (χ0) is 6.85. The molecule has 54 valence electrons. The van der Waals surface area contributed by atoms with Gasteiger partial charge in [0, 0.05) is 13.0 Å². The summed E-state index contributed by atoms with van der Waals surface area (Å²) in [6.07, 6.45) is -0.0743. The summed E-state index contributed by atoms with van der Waals surface area (Å²) in [5.41, 5.74) is 0. The molecule has 0 unspecified atom stereocenters. The minimum absolute atomic E-state index is 0. The molecule has 1 saturated heterocycles. The zero-order valence-electron chi connectivity index (χ0n) is 4.83. The third-order valence-corrected chi connectivity index (χ3v) is 1.30. The van der Waals surface area contributed by atoms with Gasteiger partial charge in [0.25, 0.3) is 0 Å². The van der Waals surface area contributed by atoms with E-state index in [2.05, 4.69) is 0 Å². The summed E-state index contributed by atoms with van der Waals surface area (Å²) < 4.78 is 0. The van der Waals surface area contributed by atoms with Crippen LogP contribution in [-0.4, -0.2) is 77.4 Å². The van der Waals surface area contributed by atoms with Crippen LogP contribution in [0.15, 0.2) is 0 Å². The molecular weight excluding hydrogens is 259 g/mol. The molecule has 1 fully saturated rings. The molecule has 10 heavy (non-hydrogen) atoms. The van der Waals surface area contributed by atoms with Gasteiger partial charge < -0.3 is 5.11 Å². The Balaban J connectivity index is 0.000000810. The average Bonchev–Trinajstić information content (AvgIpc) is 2.13. The Labute approximate surface area is 98.6 Å². The first kappa shape index (κ1) is 10.5. The van der Waals surface area contributed by atoms with Crippen LogP contribution >= 0.6 is 0 Å². The van der Waals surface area contributed by atoms with E-state index in [4.69, 9.17) is 5.11 Å². The Bertz CT molecular complexity index is 159. The van der Waals surface area contributed by atoms with Crippen molar-refractivity contribution in [3.8, 4) is 0 Å². The molecule has 1 rings (SSSR count). The molecule has 0 saturated carbocycles. The van der Waals surface area contributed by atoms with Gasteiger partial charge in [0.05, 0.1) is 0 Å². The van der Waals surface area contributed by atoms with E-state index < -0.39 is 6.09 Å². The summed E-state index contributed by atoms with van der Waals surface area (Å²) in [6, 6.07) is 0. The Hall–Kier alpha value is 0.511. The number of likely N-dealkylation sites (tertiary alicyclic amines) is 1. The van der Waals surface area contributed by atoms with Crippen LogP contribution in [0.4, 0.5) is 4.79 Å². The van der Waals surface area contributed by atoms with Crippen molar-refractivity contribution in [1.29, 1.82) is 0 Å². The van der Waals surface area contributed by atoms with Crippen molar-refractivity contribution in [2.45, 2.75) is 12.8 Å². The van der Waals surface area contributed by atoms with E-state index in [-0.39, 0.29) is 54.8 Å². The first-order chi connectivity index (χ1) is 4.22. The number of amides is 2. The number of nitrogens with zero attached hydrogens (tertiary/aromatic N) is 1.